The lowest BCUT2D eigenvalue weighted by molar-refractivity contribution is -0.140. The number of hydrogen-bond acceptors (Lipinski definition) is 4. The average molecular weight is 571 g/mol. The summed E-state index contributed by atoms with van der Waals surface area (Å²) in [5, 5.41) is 3.64. The van der Waals surface area contributed by atoms with Crippen molar-refractivity contribution in [2.75, 3.05) is 17.1 Å². The highest BCUT2D eigenvalue weighted by atomic mass is 35.5. The number of rotatable bonds is 12. The Morgan fingerprint density at radius 1 is 0.946 bits per heavy atom. The summed E-state index contributed by atoms with van der Waals surface area (Å²) < 4.78 is 26.6. The van der Waals surface area contributed by atoms with Gasteiger partial charge in [-0.05, 0) is 61.1 Å². The van der Waals surface area contributed by atoms with E-state index in [2.05, 4.69) is 5.32 Å². The van der Waals surface area contributed by atoms with Crippen LogP contribution >= 0.6 is 23.2 Å². The SMILES string of the molecule is CC[C@@H](C)NC(=O)[C@@H](CC)N(Cc1ccc(Cl)c(Cl)c1)C(=O)CN(c1ccc(C(C)C)cc1)S(C)(=O)=O. The van der Waals surface area contributed by atoms with Gasteiger partial charge in [-0.15, -0.1) is 0 Å². The molecule has 0 spiro atoms. The van der Waals surface area contributed by atoms with Crippen molar-refractivity contribution in [3.8, 4) is 0 Å². The van der Waals surface area contributed by atoms with Gasteiger partial charge in [-0.2, -0.15) is 0 Å². The molecule has 204 valence electrons. The third-order valence-electron chi connectivity index (χ3n) is 6.25. The Kier molecular flexibility index (Phi) is 11.3. The summed E-state index contributed by atoms with van der Waals surface area (Å²) in [7, 11) is -3.79. The molecule has 37 heavy (non-hydrogen) atoms. The second-order valence-electron chi connectivity index (χ2n) is 9.53. The Balaban J connectivity index is 2.46. The molecule has 2 atom stereocenters. The molecular weight excluding hydrogens is 533 g/mol. The lowest BCUT2D eigenvalue weighted by Gasteiger charge is -2.33. The van der Waals surface area contributed by atoms with Gasteiger partial charge < -0.3 is 10.2 Å². The van der Waals surface area contributed by atoms with Crippen molar-refractivity contribution in [1.29, 1.82) is 0 Å². The molecule has 0 saturated heterocycles. The van der Waals surface area contributed by atoms with E-state index in [0.717, 1.165) is 22.5 Å². The van der Waals surface area contributed by atoms with E-state index in [1.165, 1.54) is 4.90 Å². The van der Waals surface area contributed by atoms with Crippen LogP contribution in [0.4, 0.5) is 5.69 Å². The minimum absolute atomic E-state index is 0.0616. The molecule has 0 fully saturated rings. The van der Waals surface area contributed by atoms with Crippen LogP contribution in [0.1, 0.15) is 64.5 Å². The van der Waals surface area contributed by atoms with Gasteiger partial charge in [-0.25, -0.2) is 8.42 Å². The Hall–Kier alpha value is -2.29. The van der Waals surface area contributed by atoms with E-state index in [1.807, 2.05) is 46.8 Å². The largest absolute Gasteiger partial charge is 0.352 e. The van der Waals surface area contributed by atoms with Crippen molar-refractivity contribution >= 4 is 50.7 Å². The number of carbonyl (C=O) groups excluding carboxylic acids is 2. The van der Waals surface area contributed by atoms with Crippen LogP contribution in [0.2, 0.25) is 10.0 Å². The summed E-state index contributed by atoms with van der Waals surface area (Å²) in [4.78, 5) is 28.3. The molecule has 2 aromatic carbocycles. The van der Waals surface area contributed by atoms with Gasteiger partial charge >= 0.3 is 0 Å². The van der Waals surface area contributed by atoms with Gasteiger partial charge in [0.1, 0.15) is 12.6 Å². The highest BCUT2D eigenvalue weighted by Crippen LogP contribution is 2.25. The lowest BCUT2D eigenvalue weighted by atomic mass is 10.0. The summed E-state index contributed by atoms with van der Waals surface area (Å²) in [6.45, 7) is 9.36. The van der Waals surface area contributed by atoms with Crippen molar-refractivity contribution in [1.82, 2.24) is 10.2 Å². The number of amides is 2. The Morgan fingerprint density at radius 2 is 1.57 bits per heavy atom. The predicted molar refractivity (Wildman–Crippen MR) is 152 cm³/mol. The zero-order valence-corrected chi connectivity index (χ0v) is 24.6. The Labute approximate surface area is 231 Å². The second-order valence-corrected chi connectivity index (χ2v) is 12.2. The van der Waals surface area contributed by atoms with Crippen molar-refractivity contribution in [2.24, 2.45) is 0 Å². The molecule has 0 aliphatic rings. The smallest absolute Gasteiger partial charge is 0.244 e. The molecule has 0 aromatic heterocycles. The fourth-order valence-corrected chi connectivity index (χ4v) is 5.00. The summed E-state index contributed by atoms with van der Waals surface area (Å²) in [6, 6.07) is 11.2. The molecule has 0 bridgehead atoms. The third kappa shape index (κ3) is 8.62. The summed E-state index contributed by atoms with van der Waals surface area (Å²) >= 11 is 12.3. The molecular formula is C27H37Cl2N3O4S. The van der Waals surface area contributed by atoms with Crippen molar-refractivity contribution in [2.45, 2.75) is 72.0 Å². The van der Waals surface area contributed by atoms with E-state index in [9.17, 15) is 18.0 Å². The normalized spacial score (nSPS) is 13.2. The topological polar surface area (TPSA) is 86.8 Å². The average Bonchev–Trinajstić information content (AvgIpc) is 2.83. The molecule has 2 rings (SSSR count). The molecule has 1 N–H and O–H groups in total. The second kappa shape index (κ2) is 13.5. The number of nitrogens with one attached hydrogen (secondary N) is 1. The minimum Gasteiger partial charge on any atom is -0.352 e. The molecule has 0 aliphatic heterocycles. The van der Waals surface area contributed by atoms with Crippen LogP contribution in [0, 0.1) is 0 Å². The van der Waals surface area contributed by atoms with Gasteiger partial charge in [-0.1, -0.05) is 69.1 Å². The Morgan fingerprint density at radius 3 is 2.05 bits per heavy atom. The maximum atomic E-state index is 13.7. The Bertz CT molecular complexity index is 1190. The van der Waals surface area contributed by atoms with Gasteiger partial charge in [0.25, 0.3) is 0 Å². The van der Waals surface area contributed by atoms with Crippen LogP contribution in [0.15, 0.2) is 42.5 Å². The zero-order valence-electron chi connectivity index (χ0n) is 22.3. The van der Waals surface area contributed by atoms with Crippen molar-refractivity contribution < 1.29 is 18.0 Å². The number of carbonyl (C=O) groups is 2. The molecule has 0 saturated carbocycles. The van der Waals surface area contributed by atoms with Crippen molar-refractivity contribution in [3.05, 3.63) is 63.6 Å². The monoisotopic (exact) mass is 569 g/mol. The minimum atomic E-state index is -3.79. The van der Waals surface area contributed by atoms with Crippen LogP contribution < -0.4 is 9.62 Å². The van der Waals surface area contributed by atoms with E-state index in [4.69, 9.17) is 23.2 Å². The van der Waals surface area contributed by atoms with Crippen LogP contribution in [0.25, 0.3) is 0 Å². The maximum absolute atomic E-state index is 13.7. The number of halogens is 2. The first-order chi connectivity index (χ1) is 17.3. The number of benzene rings is 2. The first-order valence-electron chi connectivity index (χ1n) is 12.4. The van der Waals surface area contributed by atoms with Crippen LogP contribution in [-0.4, -0.2) is 50.0 Å². The van der Waals surface area contributed by atoms with E-state index >= 15 is 0 Å². The van der Waals surface area contributed by atoms with Gasteiger partial charge in [0.2, 0.25) is 21.8 Å². The summed E-state index contributed by atoms with van der Waals surface area (Å²) in [5.74, 6) is -0.522. The van der Waals surface area contributed by atoms with E-state index in [1.54, 1.807) is 30.3 Å². The van der Waals surface area contributed by atoms with Crippen molar-refractivity contribution in [3.63, 3.8) is 0 Å². The van der Waals surface area contributed by atoms with Gasteiger partial charge in [0.05, 0.1) is 22.0 Å². The lowest BCUT2D eigenvalue weighted by Crippen LogP contribution is -2.53. The van der Waals surface area contributed by atoms with Gasteiger partial charge in [-0.3, -0.25) is 13.9 Å². The first-order valence-corrected chi connectivity index (χ1v) is 15.0. The first kappa shape index (κ1) is 30.9. The molecule has 2 amide bonds. The fourth-order valence-electron chi connectivity index (χ4n) is 3.83. The third-order valence-corrected chi connectivity index (χ3v) is 8.13. The standard InChI is InChI=1S/C27H37Cl2N3O4S/c1-7-19(5)30-27(34)25(8-2)31(16-20-9-14-23(28)24(29)15-20)26(33)17-32(37(6,35)36)22-12-10-21(11-13-22)18(3)4/h9-15,18-19,25H,7-8,16-17H2,1-6H3,(H,30,34)/t19-,25-/m1/s1. The molecule has 10 heteroatoms. The van der Waals surface area contributed by atoms with E-state index in [0.29, 0.717) is 27.7 Å². The number of anilines is 1. The highest BCUT2D eigenvalue weighted by molar-refractivity contribution is 7.92. The summed E-state index contributed by atoms with van der Waals surface area (Å²) in [5.41, 5.74) is 2.11. The quantitative estimate of drug-likeness (QED) is 0.360. The number of nitrogens with zero attached hydrogens (tertiary/aromatic N) is 2. The molecule has 0 aliphatic carbocycles. The predicted octanol–water partition coefficient (Wildman–Crippen LogP) is 5.60. The number of sulfonamides is 1. The summed E-state index contributed by atoms with van der Waals surface area (Å²) in [6.07, 6.45) is 2.14. The van der Waals surface area contributed by atoms with Crippen LogP contribution in [-0.2, 0) is 26.2 Å². The molecule has 0 heterocycles. The van der Waals surface area contributed by atoms with E-state index < -0.39 is 28.5 Å². The fraction of sp³-hybridized carbons (Fsp3) is 0.481. The van der Waals surface area contributed by atoms with E-state index in [-0.39, 0.29) is 24.4 Å². The molecule has 7 nitrogen and oxygen atoms in total. The molecule has 0 unspecified atom stereocenters. The van der Waals surface area contributed by atoms with Crippen LogP contribution in [0.3, 0.4) is 0 Å². The maximum Gasteiger partial charge on any atom is 0.244 e. The molecule has 0 radical (unpaired) electrons. The van der Waals surface area contributed by atoms with Gasteiger partial charge in [0.15, 0.2) is 0 Å². The van der Waals surface area contributed by atoms with Gasteiger partial charge in [0, 0.05) is 12.6 Å². The molecule has 2 aromatic rings. The number of hydrogen-bond donors (Lipinski definition) is 1. The highest BCUT2D eigenvalue weighted by Gasteiger charge is 2.32. The zero-order chi connectivity index (χ0) is 27.9. The van der Waals surface area contributed by atoms with Crippen LogP contribution in [0.5, 0.6) is 0 Å².